The minimum Gasteiger partial charge on any atom is -0.493 e. The van der Waals surface area contributed by atoms with Crippen LogP contribution >= 0.6 is 15.9 Å². The zero-order valence-corrected chi connectivity index (χ0v) is 23.3. The van der Waals surface area contributed by atoms with Gasteiger partial charge < -0.3 is 14.4 Å². The first-order valence-corrected chi connectivity index (χ1v) is 13.3. The molecule has 2 amide bonds. The molecular weight excluding hydrogens is 577 g/mol. The van der Waals surface area contributed by atoms with E-state index in [2.05, 4.69) is 15.9 Å². The summed E-state index contributed by atoms with van der Waals surface area (Å²) >= 11 is 3.49. The topological polar surface area (TPSA) is 59.1 Å². The minimum absolute atomic E-state index is 0.0238. The first-order chi connectivity index (χ1) is 18.6. The maximum atomic E-state index is 14.3. The zero-order chi connectivity index (χ0) is 28.3. The molecule has 1 aliphatic heterocycles. The van der Waals surface area contributed by atoms with E-state index in [1.165, 1.54) is 23.0 Å². The largest absolute Gasteiger partial charge is 0.493 e. The highest BCUT2D eigenvalue weighted by atomic mass is 79.9. The normalized spacial score (nSPS) is 15.7. The van der Waals surface area contributed by atoms with Crippen molar-refractivity contribution in [3.8, 4) is 11.5 Å². The van der Waals surface area contributed by atoms with Gasteiger partial charge in [-0.25, -0.2) is 0 Å². The number of likely N-dealkylation sites (N-methyl/N-ethyl adjacent to an activating group) is 1. The van der Waals surface area contributed by atoms with Crippen LogP contribution < -0.4 is 19.3 Å². The number of nitrogens with zero attached hydrogens (tertiary/aromatic N) is 2. The van der Waals surface area contributed by atoms with Crippen molar-refractivity contribution in [2.24, 2.45) is 0 Å². The standard InChI is InChI=1S/C29H28BrF3N2O4/c1-4-6-14-39-26-21(30)15-18(16-24(26)38-3)25-27(36)34(5-2)22-13-12-19(29(31,32)33)17-23(22)35(28(25)37)20-10-8-7-9-11-20/h7-13,15-17,25H,4-6,14H2,1-3H3. The molecule has 206 valence electrons. The lowest BCUT2D eigenvalue weighted by atomic mass is 9.95. The fraction of sp³-hybridized carbons (Fsp3) is 0.310. The van der Waals surface area contributed by atoms with Crippen LogP contribution in [0.1, 0.15) is 43.7 Å². The lowest BCUT2D eigenvalue weighted by Crippen LogP contribution is -2.39. The molecule has 1 heterocycles. The van der Waals surface area contributed by atoms with Gasteiger partial charge in [-0.15, -0.1) is 0 Å². The molecule has 6 nitrogen and oxygen atoms in total. The number of methoxy groups -OCH3 is 1. The Labute approximate surface area is 233 Å². The number of ether oxygens (including phenoxy) is 2. The number of halogens is 4. The van der Waals surface area contributed by atoms with E-state index < -0.39 is 29.5 Å². The molecule has 4 rings (SSSR count). The average molecular weight is 605 g/mol. The van der Waals surface area contributed by atoms with Crippen molar-refractivity contribution in [1.29, 1.82) is 0 Å². The summed E-state index contributed by atoms with van der Waals surface area (Å²) in [6.45, 7) is 4.34. The van der Waals surface area contributed by atoms with E-state index in [1.807, 2.05) is 6.92 Å². The van der Waals surface area contributed by atoms with E-state index in [4.69, 9.17) is 9.47 Å². The number of amides is 2. The van der Waals surface area contributed by atoms with Crippen molar-refractivity contribution >= 4 is 44.8 Å². The molecule has 1 atom stereocenters. The second-order valence-electron chi connectivity index (χ2n) is 8.96. The lowest BCUT2D eigenvalue weighted by molar-refractivity contribution is -0.137. The fourth-order valence-corrected chi connectivity index (χ4v) is 5.13. The van der Waals surface area contributed by atoms with Gasteiger partial charge >= 0.3 is 6.18 Å². The summed E-state index contributed by atoms with van der Waals surface area (Å²) in [6, 6.07) is 14.6. The summed E-state index contributed by atoms with van der Waals surface area (Å²) in [7, 11) is 1.46. The van der Waals surface area contributed by atoms with E-state index in [0.717, 1.165) is 25.0 Å². The second kappa shape index (κ2) is 11.7. The quantitative estimate of drug-likeness (QED) is 0.198. The third-order valence-corrected chi connectivity index (χ3v) is 7.06. The third kappa shape index (κ3) is 5.61. The maximum absolute atomic E-state index is 14.3. The van der Waals surface area contributed by atoms with E-state index in [0.29, 0.717) is 33.8 Å². The van der Waals surface area contributed by atoms with Crippen LogP contribution in [0.3, 0.4) is 0 Å². The highest BCUT2D eigenvalue weighted by molar-refractivity contribution is 9.10. The molecule has 0 bridgehead atoms. The number of hydrogen-bond donors (Lipinski definition) is 0. The van der Waals surface area contributed by atoms with Gasteiger partial charge in [0, 0.05) is 12.2 Å². The van der Waals surface area contributed by atoms with Crippen molar-refractivity contribution in [2.75, 3.05) is 30.1 Å². The molecule has 0 saturated heterocycles. The molecule has 3 aromatic carbocycles. The number of alkyl halides is 3. The molecule has 0 N–H and O–H groups in total. The number of carbonyl (C=O) groups excluding carboxylic acids is 2. The van der Waals surface area contributed by atoms with Crippen molar-refractivity contribution < 1.29 is 32.2 Å². The Morgan fingerprint density at radius 3 is 2.28 bits per heavy atom. The Hall–Kier alpha value is -3.53. The number of anilines is 3. The van der Waals surface area contributed by atoms with Crippen molar-refractivity contribution in [3.05, 3.63) is 76.3 Å². The van der Waals surface area contributed by atoms with Gasteiger partial charge in [0.1, 0.15) is 5.92 Å². The summed E-state index contributed by atoms with van der Waals surface area (Å²) in [5.74, 6) is -1.84. The molecule has 1 aliphatic rings. The van der Waals surface area contributed by atoms with Gasteiger partial charge in [-0.1, -0.05) is 31.5 Å². The zero-order valence-electron chi connectivity index (χ0n) is 21.7. The average Bonchev–Trinajstić information content (AvgIpc) is 2.99. The van der Waals surface area contributed by atoms with E-state index in [1.54, 1.807) is 49.4 Å². The molecule has 10 heteroatoms. The van der Waals surface area contributed by atoms with Crippen LogP contribution in [-0.4, -0.2) is 32.1 Å². The van der Waals surface area contributed by atoms with Crippen LogP contribution in [0.25, 0.3) is 0 Å². The van der Waals surface area contributed by atoms with Gasteiger partial charge in [0.05, 0.1) is 35.1 Å². The first-order valence-electron chi connectivity index (χ1n) is 12.5. The van der Waals surface area contributed by atoms with Crippen molar-refractivity contribution in [3.63, 3.8) is 0 Å². The predicted octanol–water partition coefficient (Wildman–Crippen LogP) is 7.47. The Morgan fingerprint density at radius 1 is 0.949 bits per heavy atom. The maximum Gasteiger partial charge on any atom is 0.416 e. The lowest BCUT2D eigenvalue weighted by Gasteiger charge is -2.26. The molecule has 1 unspecified atom stereocenters. The minimum atomic E-state index is -4.64. The number of benzene rings is 3. The number of unbranched alkanes of at least 4 members (excludes halogenated alkanes) is 1. The fourth-order valence-electron chi connectivity index (χ4n) is 4.55. The number of para-hydroxylation sites is 1. The van der Waals surface area contributed by atoms with Gasteiger partial charge in [-0.05, 0) is 77.3 Å². The van der Waals surface area contributed by atoms with Crippen LogP contribution in [0.2, 0.25) is 0 Å². The molecule has 0 aliphatic carbocycles. The molecular formula is C29H28BrF3N2O4. The van der Waals surface area contributed by atoms with Gasteiger partial charge in [-0.2, -0.15) is 13.2 Å². The van der Waals surface area contributed by atoms with Gasteiger partial charge in [0.15, 0.2) is 11.5 Å². The number of rotatable bonds is 8. The Morgan fingerprint density at radius 2 is 1.67 bits per heavy atom. The second-order valence-corrected chi connectivity index (χ2v) is 9.82. The predicted molar refractivity (Wildman–Crippen MR) is 147 cm³/mol. The number of hydrogen-bond acceptors (Lipinski definition) is 4. The smallest absolute Gasteiger partial charge is 0.416 e. The molecule has 0 aromatic heterocycles. The Kier molecular flexibility index (Phi) is 8.54. The molecule has 0 spiro atoms. The van der Waals surface area contributed by atoms with Crippen LogP contribution in [0.5, 0.6) is 11.5 Å². The highest BCUT2D eigenvalue weighted by Crippen LogP contribution is 2.46. The van der Waals surface area contributed by atoms with Gasteiger partial charge in [-0.3, -0.25) is 14.5 Å². The summed E-state index contributed by atoms with van der Waals surface area (Å²) in [6.07, 6.45) is -2.88. The van der Waals surface area contributed by atoms with Gasteiger partial charge in [0.25, 0.3) is 0 Å². The Balaban J connectivity index is 1.93. The van der Waals surface area contributed by atoms with Crippen LogP contribution in [-0.2, 0) is 15.8 Å². The van der Waals surface area contributed by atoms with Crippen molar-refractivity contribution in [2.45, 2.75) is 38.8 Å². The van der Waals surface area contributed by atoms with E-state index in [9.17, 15) is 22.8 Å². The summed E-state index contributed by atoms with van der Waals surface area (Å²) in [4.78, 5) is 30.8. The van der Waals surface area contributed by atoms with Crippen LogP contribution in [0, 0.1) is 0 Å². The first kappa shape index (κ1) is 28.5. The Bertz CT molecular complexity index is 1360. The monoisotopic (exact) mass is 604 g/mol. The summed E-state index contributed by atoms with van der Waals surface area (Å²) in [5.41, 5.74) is -0.0795. The molecule has 39 heavy (non-hydrogen) atoms. The SMILES string of the molecule is CCCCOc1c(Br)cc(C2C(=O)N(CC)c3ccc(C(F)(F)F)cc3N(c3ccccc3)C2=O)cc1OC. The third-order valence-electron chi connectivity index (χ3n) is 6.47. The molecule has 3 aromatic rings. The number of fused-ring (bicyclic) bond motifs is 1. The van der Waals surface area contributed by atoms with Crippen LogP contribution in [0.15, 0.2) is 65.1 Å². The molecule has 0 saturated carbocycles. The van der Waals surface area contributed by atoms with Crippen molar-refractivity contribution in [1.82, 2.24) is 0 Å². The summed E-state index contributed by atoms with van der Waals surface area (Å²) < 4.78 is 53.1. The number of carbonyl (C=O) groups is 2. The molecule has 0 radical (unpaired) electrons. The molecule has 0 fully saturated rings. The summed E-state index contributed by atoms with van der Waals surface area (Å²) in [5, 5.41) is 0. The van der Waals surface area contributed by atoms with E-state index in [-0.39, 0.29) is 17.9 Å². The highest BCUT2D eigenvalue weighted by Gasteiger charge is 2.43. The van der Waals surface area contributed by atoms with Gasteiger partial charge in [0.2, 0.25) is 11.8 Å². The van der Waals surface area contributed by atoms with E-state index >= 15 is 0 Å². The van der Waals surface area contributed by atoms with Crippen LogP contribution in [0.4, 0.5) is 30.2 Å².